The number of rotatable bonds is 2. The molecule has 2 unspecified atom stereocenters. The lowest BCUT2D eigenvalue weighted by Crippen LogP contribution is -2.31. The summed E-state index contributed by atoms with van der Waals surface area (Å²) in [6.45, 7) is 5.58. The maximum absolute atomic E-state index is 11.4. The van der Waals surface area contributed by atoms with Crippen LogP contribution in [0.15, 0.2) is 5.10 Å². The van der Waals surface area contributed by atoms with Gasteiger partial charge >= 0.3 is 0 Å². The minimum Gasteiger partial charge on any atom is -0.391 e. The van der Waals surface area contributed by atoms with Gasteiger partial charge in [0, 0.05) is 5.71 Å². The minimum absolute atomic E-state index is 0.0200. The van der Waals surface area contributed by atoms with Crippen LogP contribution >= 0.6 is 0 Å². The fraction of sp³-hybridized carbons (Fsp3) is 0.750. The molecule has 1 aliphatic rings. The van der Waals surface area contributed by atoms with Gasteiger partial charge in [-0.15, -0.1) is 0 Å². The average Bonchev–Trinajstić information content (AvgIpc) is 2.17. The van der Waals surface area contributed by atoms with Gasteiger partial charge < -0.3 is 5.11 Å². The molecule has 1 aliphatic heterocycles. The van der Waals surface area contributed by atoms with Crippen LogP contribution in [0.4, 0.5) is 0 Å². The standard InChI is InChI=1S/C8H14N2O2/c1-5(11)4-10-8(12)6(2)7(3)9-10/h5-6,11H,4H2,1-3H3. The van der Waals surface area contributed by atoms with Crippen molar-refractivity contribution in [3.05, 3.63) is 0 Å². The number of amides is 1. The summed E-state index contributed by atoms with van der Waals surface area (Å²) >= 11 is 0. The summed E-state index contributed by atoms with van der Waals surface area (Å²) in [7, 11) is 0. The average molecular weight is 170 g/mol. The summed E-state index contributed by atoms with van der Waals surface area (Å²) in [5.41, 5.74) is 0.820. The van der Waals surface area contributed by atoms with Gasteiger partial charge in [-0.3, -0.25) is 4.79 Å². The van der Waals surface area contributed by atoms with E-state index in [2.05, 4.69) is 5.10 Å². The second kappa shape index (κ2) is 3.23. The highest BCUT2D eigenvalue weighted by Gasteiger charge is 2.29. The number of carbonyl (C=O) groups excluding carboxylic acids is 1. The smallest absolute Gasteiger partial charge is 0.251 e. The van der Waals surface area contributed by atoms with Gasteiger partial charge in [0.15, 0.2) is 0 Å². The summed E-state index contributed by atoms with van der Waals surface area (Å²) in [6.07, 6.45) is -0.518. The van der Waals surface area contributed by atoms with Crippen molar-refractivity contribution in [2.24, 2.45) is 11.0 Å². The third-order valence-electron chi connectivity index (χ3n) is 1.97. The van der Waals surface area contributed by atoms with Crippen molar-refractivity contribution in [2.75, 3.05) is 6.54 Å². The molecule has 0 aromatic rings. The summed E-state index contributed by atoms with van der Waals surface area (Å²) in [5.74, 6) is -0.142. The Labute approximate surface area is 71.9 Å². The molecule has 0 saturated carbocycles. The fourth-order valence-electron chi connectivity index (χ4n) is 1.11. The van der Waals surface area contributed by atoms with E-state index in [1.807, 2.05) is 13.8 Å². The Balaban J connectivity index is 2.64. The molecule has 0 bridgehead atoms. The first kappa shape index (κ1) is 9.19. The molecule has 2 atom stereocenters. The first-order chi connectivity index (χ1) is 5.52. The lowest BCUT2D eigenvalue weighted by atomic mass is 10.1. The van der Waals surface area contributed by atoms with Crippen molar-refractivity contribution in [1.82, 2.24) is 5.01 Å². The van der Waals surface area contributed by atoms with E-state index in [4.69, 9.17) is 5.11 Å². The van der Waals surface area contributed by atoms with Crippen molar-refractivity contribution >= 4 is 11.6 Å². The van der Waals surface area contributed by atoms with Crippen molar-refractivity contribution in [2.45, 2.75) is 26.9 Å². The molecule has 0 aliphatic carbocycles. The summed E-state index contributed by atoms with van der Waals surface area (Å²) in [6, 6.07) is 0. The number of β-amino-alcohol motifs (C(OH)–C–C–N with tert-alkyl or cyclic N) is 1. The van der Waals surface area contributed by atoms with E-state index in [9.17, 15) is 4.79 Å². The number of hydrazone groups is 1. The van der Waals surface area contributed by atoms with Crippen LogP contribution in [0.5, 0.6) is 0 Å². The molecule has 0 fully saturated rings. The molecule has 1 amide bonds. The van der Waals surface area contributed by atoms with Gasteiger partial charge in [0.05, 0.1) is 18.6 Å². The van der Waals surface area contributed by atoms with Crippen LogP contribution in [0.25, 0.3) is 0 Å². The Morgan fingerprint density at radius 2 is 2.33 bits per heavy atom. The molecule has 0 radical (unpaired) electrons. The Bertz CT molecular complexity index is 223. The molecule has 0 aromatic heterocycles. The van der Waals surface area contributed by atoms with Gasteiger partial charge in [-0.2, -0.15) is 5.10 Å². The Morgan fingerprint density at radius 1 is 1.75 bits per heavy atom. The molecule has 1 heterocycles. The van der Waals surface area contributed by atoms with E-state index in [0.717, 1.165) is 5.71 Å². The normalized spacial score (nSPS) is 26.0. The quantitative estimate of drug-likeness (QED) is 0.644. The van der Waals surface area contributed by atoms with Crippen LogP contribution in [-0.2, 0) is 4.79 Å². The fourth-order valence-corrected chi connectivity index (χ4v) is 1.11. The molecular formula is C8H14N2O2. The van der Waals surface area contributed by atoms with Crippen molar-refractivity contribution < 1.29 is 9.90 Å². The zero-order chi connectivity index (χ0) is 9.30. The van der Waals surface area contributed by atoms with E-state index in [-0.39, 0.29) is 11.8 Å². The van der Waals surface area contributed by atoms with E-state index in [0.29, 0.717) is 6.54 Å². The molecule has 4 nitrogen and oxygen atoms in total. The van der Waals surface area contributed by atoms with E-state index in [1.54, 1.807) is 6.92 Å². The van der Waals surface area contributed by atoms with Crippen LogP contribution in [-0.4, -0.2) is 34.4 Å². The Morgan fingerprint density at radius 3 is 2.67 bits per heavy atom. The predicted octanol–water partition coefficient (Wildman–Crippen LogP) is 0.221. The van der Waals surface area contributed by atoms with Gasteiger partial charge in [-0.1, -0.05) is 0 Å². The van der Waals surface area contributed by atoms with Crippen LogP contribution in [0.3, 0.4) is 0 Å². The van der Waals surface area contributed by atoms with Gasteiger partial charge in [0.25, 0.3) is 5.91 Å². The molecule has 12 heavy (non-hydrogen) atoms. The second-order valence-corrected chi connectivity index (χ2v) is 3.23. The number of aliphatic hydroxyl groups is 1. The van der Waals surface area contributed by atoms with E-state index in [1.165, 1.54) is 5.01 Å². The highest BCUT2D eigenvalue weighted by molar-refractivity contribution is 6.06. The SMILES string of the molecule is CC1=NN(CC(C)O)C(=O)C1C. The molecular weight excluding hydrogens is 156 g/mol. The minimum atomic E-state index is -0.518. The molecule has 68 valence electrons. The second-order valence-electron chi connectivity index (χ2n) is 3.23. The highest BCUT2D eigenvalue weighted by atomic mass is 16.3. The van der Waals surface area contributed by atoms with Crippen LogP contribution in [0.2, 0.25) is 0 Å². The van der Waals surface area contributed by atoms with E-state index >= 15 is 0 Å². The van der Waals surface area contributed by atoms with Crippen molar-refractivity contribution in [1.29, 1.82) is 0 Å². The van der Waals surface area contributed by atoms with Crippen LogP contribution in [0.1, 0.15) is 20.8 Å². The predicted molar refractivity (Wildman–Crippen MR) is 45.7 cm³/mol. The van der Waals surface area contributed by atoms with Crippen LogP contribution < -0.4 is 0 Å². The molecule has 0 spiro atoms. The molecule has 0 aromatic carbocycles. The first-order valence-corrected chi connectivity index (χ1v) is 4.07. The third kappa shape index (κ3) is 1.64. The molecule has 1 N–H and O–H groups in total. The number of hydrogen-bond donors (Lipinski definition) is 1. The van der Waals surface area contributed by atoms with Gasteiger partial charge in [0.2, 0.25) is 0 Å². The highest BCUT2D eigenvalue weighted by Crippen LogP contribution is 2.14. The topological polar surface area (TPSA) is 52.9 Å². The lowest BCUT2D eigenvalue weighted by Gasteiger charge is -2.13. The van der Waals surface area contributed by atoms with Gasteiger partial charge in [-0.05, 0) is 20.8 Å². The summed E-state index contributed by atoms with van der Waals surface area (Å²) in [4.78, 5) is 11.4. The lowest BCUT2D eigenvalue weighted by molar-refractivity contribution is -0.132. The molecule has 4 heteroatoms. The maximum atomic E-state index is 11.4. The maximum Gasteiger partial charge on any atom is 0.251 e. The van der Waals surface area contributed by atoms with Crippen LogP contribution in [0, 0.1) is 5.92 Å². The van der Waals surface area contributed by atoms with E-state index < -0.39 is 6.10 Å². The Hall–Kier alpha value is -0.900. The number of nitrogens with zero attached hydrogens (tertiary/aromatic N) is 2. The van der Waals surface area contributed by atoms with Gasteiger partial charge in [0.1, 0.15) is 0 Å². The van der Waals surface area contributed by atoms with Crippen molar-refractivity contribution in [3.63, 3.8) is 0 Å². The Kier molecular flexibility index (Phi) is 2.47. The summed E-state index contributed by atoms with van der Waals surface area (Å²) < 4.78 is 0. The van der Waals surface area contributed by atoms with Crippen molar-refractivity contribution in [3.8, 4) is 0 Å². The molecule has 1 rings (SSSR count). The number of aliphatic hydroxyl groups excluding tert-OH is 1. The molecule has 0 saturated heterocycles. The van der Waals surface area contributed by atoms with Gasteiger partial charge in [-0.25, -0.2) is 5.01 Å². The summed E-state index contributed by atoms with van der Waals surface area (Å²) in [5, 5.41) is 14.4. The largest absolute Gasteiger partial charge is 0.391 e. The zero-order valence-corrected chi connectivity index (χ0v) is 7.61. The first-order valence-electron chi connectivity index (χ1n) is 4.07. The number of hydrogen-bond acceptors (Lipinski definition) is 3. The zero-order valence-electron chi connectivity index (χ0n) is 7.61. The monoisotopic (exact) mass is 170 g/mol. The number of carbonyl (C=O) groups is 1. The third-order valence-corrected chi connectivity index (χ3v) is 1.97.